The van der Waals surface area contributed by atoms with Gasteiger partial charge in [-0.3, -0.25) is 0 Å². The van der Waals surface area contributed by atoms with Crippen LogP contribution in [0.5, 0.6) is 40.2 Å². The molecule has 3 aromatic carbocycles. The van der Waals surface area contributed by atoms with Crippen LogP contribution in [0, 0.1) is 6.92 Å². The fourth-order valence-electron chi connectivity index (χ4n) is 3.17. The molecule has 3 aromatic rings. The van der Waals surface area contributed by atoms with Crippen LogP contribution in [0.25, 0.3) is 0 Å². The third-order valence-corrected chi connectivity index (χ3v) is 5.29. The number of carboxylic acid groups (broad SMARTS) is 3. The molecular formula is C28H32O13. The van der Waals surface area contributed by atoms with E-state index in [1.165, 1.54) is 73.0 Å². The van der Waals surface area contributed by atoms with Crippen molar-refractivity contribution in [1.82, 2.24) is 0 Å². The summed E-state index contributed by atoms with van der Waals surface area (Å²) in [4.78, 5) is 32.0. The number of phenols is 1. The first-order chi connectivity index (χ1) is 19.4. The number of methoxy groups -OCH3 is 6. The summed E-state index contributed by atoms with van der Waals surface area (Å²) in [6.07, 6.45) is 0. The molecule has 0 aliphatic heterocycles. The summed E-state index contributed by atoms with van der Waals surface area (Å²) in [5, 5.41) is 35.7. The van der Waals surface area contributed by atoms with Crippen LogP contribution in [0.4, 0.5) is 0 Å². The summed E-state index contributed by atoms with van der Waals surface area (Å²) in [7, 11) is 8.51. The highest BCUT2D eigenvalue weighted by atomic mass is 16.5. The Morgan fingerprint density at radius 1 is 0.512 bits per heavy atom. The number of aromatic hydroxyl groups is 1. The van der Waals surface area contributed by atoms with Crippen molar-refractivity contribution in [2.24, 2.45) is 0 Å². The molecule has 0 spiro atoms. The number of carbonyl (C=O) groups is 3. The predicted octanol–water partition coefficient (Wildman–Crippen LogP) is 4.22. The Hall–Kier alpha value is -5.33. The Balaban J connectivity index is 0.000000309. The van der Waals surface area contributed by atoms with E-state index in [1.807, 2.05) is 6.92 Å². The second-order valence-electron chi connectivity index (χ2n) is 7.74. The lowest BCUT2D eigenvalue weighted by atomic mass is 10.1. The minimum atomic E-state index is -1.11. The van der Waals surface area contributed by atoms with Crippen LogP contribution >= 0.6 is 0 Å². The zero-order valence-corrected chi connectivity index (χ0v) is 23.5. The zero-order chi connectivity index (χ0) is 31.3. The van der Waals surface area contributed by atoms with Crippen molar-refractivity contribution in [3.05, 3.63) is 64.7 Å². The quantitative estimate of drug-likeness (QED) is 0.284. The van der Waals surface area contributed by atoms with Gasteiger partial charge in [-0.15, -0.1) is 0 Å². The molecule has 0 unspecified atom stereocenters. The maximum Gasteiger partial charge on any atom is 0.335 e. The molecule has 222 valence electrons. The lowest BCUT2D eigenvalue weighted by Crippen LogP contribution is -2.01. The van der Waals surface area contributed by atoms with E-state index in [0.717, 1.165) is 5.56 Å². The van der Waals surface area contributed by atoms with Crippen LogP contribution in [-0.2, 0) is 0 Å². The Morgan fingerprint density at radius 2 is 0.854 bits per heavy atom. The van der Waals surface area contributed by atoms with Gasteiger partial charge in [-0.05, 0) is 48.9 Å². The first kappa shape index (κ1) is 33.7. The van der Waals surface area contributed by atoms with Crippen LogP contribution in [0.3, 0.4) is 0 Å². The second kappa shape index (κ2) is 15.9. The van der Waals surface area contributed by atoms with Gasteiger partial charge in [-0.2, -0.15) is 0 Å². The van der Waals surface area contributed by atoms with Crippen molar-refractivity contribution in [3.8, 4) is 40.2 Å². The summed E-state index contributed by atoms with van der Waals surface area (Å²) < 4.78 is 29.6. The van der Waals surface area contributed by atoms with Crippen LogP contribution < -0.4 is 28.4 Å². The highest BCUT2D eigenvalue weighted by molar-refractivity contribution is 5.90. The number of hydrogen-bond donors (Lipinski definition) is 4. The van der Waals surface area contributed by atoms with E-state index in [1.54, 1.807) is 12.1 Å². The number of rotatable bonds is 9. The summed E-state index contributed by atoms with van der Waals surface area (Å²) in [6.45, 7) is 1.87. The molecule has 0 aromatic heterocycles. The average Bonchev–Trinajstić information content (AvgIpc) is 2.96. The van der Waals surface area contributed by atoms with Crippen LogP contribution in [0.2, 0.25) is 0 Å². The topological polar surface area (TPSA) is 188 Å². The summed E-state index contributed by atoms with van der Waals surface area (Å²) in [5.74, 6) is -1.52. The van der Waals surface area contributed by atoms with E-state index in [9.17, 15) is 19.5 Å². The highest BCUT2D eigenvalue weighted by Crippen LogP contribution is 2.38. The molecule has 0 aliphatic carbocycles. The van der Waals surface area contributed by atoms with E-state index in [2.05, 4.69) is 0 Å². The van der Waals surface area contributed by atoms with E-state index < -0.39 is 17.9 Å². The van der Waals surface area contributed by atoms with Gasteiger partial charge in [0.2, 0.25) is 11.5 Å². The normalized spacial score (nSPS) is 9.54. The molecule has 0 fully saturated rings. The van der Waals surface area contributed by atoms with Crippen molar-refractivity contribution < 1.29 is 63.2 Å². The Morgan fingerprint density at radius 3 is 1.17 bits per heavy atom. The number of aromatic carboxylic acids is 3. The van der Waals surface area contributed by atoms with Gasteiger partial charge in [0.25, 0.3) is 0 Å². The van der Waals surface area contributed by atoms with E-state index in [-0.39, 0.29) is 33.9 Å². The summed E-state index contributed by atoms with van der Waals surface area (Å²) in [5.41, 5.74) is 1.26. The Kier molecular flexibility index (Phi) is 13.1. The molecule has 4 N–H and O–H groups in total. The third-order valence-electron chi connectivity index (χ3n) is 5.29. The molecule has 3 rings (SSSR count). The number of phenolic OH excluding ortho intramolecular Hbond substituents is 1. The Bertz CT molecular complexity index is 1320. The largest absolute Gasteiger partial charge is 0.502 e. The van der Waals surface area contributed by atoms with Crippen LogP contribution in [-0.4, -0.2) is 81.0 Å². The third kappa shape index (κ3) is 9.13. The van der Waals surface area contributed by atoms with Gasteiger partial charge in [-0.25, -0.2) is 14.4 Å². The van der Waals surface area contributed by atoms with Gasteiger partial charge < -0.3 is 48.8 Å². The SMILES string of the molecule is COc1cc(C(=O)O)cc(OC)c1O.COc1cc(C(=O)O)cc(OC)c1OC.COc1cc(C(=O)O)ccc1C. The predicted molar refractivity (Wildman–Crippen MR) is 146 cm³/mol. The molecule has 41 heavy (non-hydrogen) atoms. The fraction of sp³-hybridized carbons (Fsp3) is 0.250. The monoisotopic (exact) mass is 576 g/mol. The number of benzene rings is 3. The first-order valence-corrected chi connectivity index (χ1v) is 11.5. The fourth-order valence-corrected chi connectivity index (χ4v) is 3.17. The molecule has 0 atom stereocenters. The number of ether oxygens (including phenoxy) is 6. The average molecular weight is 577 g/mol. The molecule has 13 nitrogen and oxygen atoms in total. The lowest BCUT2D eigenvalue weighted by Gasteiger charge is -2.12. The minimum Gasteiger partial charge on any atom is -0.502 e. The molecule has 0 heterocycles. The van der Waals surface area contributed by atoms with Gasteiger partial charge in [-0.1, -0.05) is 6.07 Å². The van der Waals surface area contributed by atoms with Gasteiger partial charge in [0, 0.05) is 0 Å². The van der Waals surface area contributed by atoms with E-state index in [0.29, 0.717) is 23.0 Å². The number of hydrogen-bond acceptors (Lipinski definition) is 10. The molecule has 0 aliphatic rings. The smallest absolute Gasteiger partial charge is 0.335 e. The van der Waals surface area contributed by atoms with E-state index in [4.69, 9.17) is 43.7 Å². The minimum absolute atomic E-state index is 0.00324. The molecule has 0 radical (unpaired) electrons. The Labute approximate surface area is 236 Å². The number of aryl methyl sites for hydroxylation is 1. The van der Waals surface area contributed by atoms with Gasteiger partial charge in [0.1, 0.15) is 5.75 Å². The molecular weight excluding hydrogens is 544 g/mol. The molecule has 0 amide bonds. The van der Waals surface area contributed by atoms with Gasteiger partial charge in [0.15, 0.2) is 23.0 Å². The molecule has 0 saturated heterocycles. The first-order valence-electron chi connectivity index (χ1n) is 11.5. The maximum atomic E-state index is 10.8. The van der Waals surface area contributed by atoms with Gasteiger partial charge in [0.05, 0.1) is 59.3 Å². The summed E-state index contributed by atoms with van der Waals surface area (Å²) >= 11 is 0. The molecule has 0 bridgehead atoms. The number of carboxylic acids is 3. The summed E-state index contributed by atoms with van der Waals surface area (Å²) in [6, 6.07) is 9.99. The molecule has 13 heteroatoms. The van der Waals surface area contributed by atoms with E-state index >= 15 is 0 Å². The molecule has 0 saturated carbocycles. The lowest BCUT2D eigenvalue weighted by molar-refractivity contribution is 0.0685. The van der Waals surface area contributed by atoms with Crippen molar-refractivity contribution >= 4 is 17.9 Å². The van der Waals surface area contributed by atoms with Crippen LogP contribution in [0.1, 0.15) is 36.6 Å². The van der Waals surface area contributed by atoms with Crippen molar-refractivity contribution in [2.75, 3.05) is 42.7 Å². The van der Waals surface area contributed by atoms with Gasteiger partial charge >= 0.3 is 17.9 Å². The van der Waals surface area contributed by atoms with Crippen molar-refractivity contribution in [3.63, 3.8) is 0 Å². The van der Waals surface area contributed by atoms with Crippen molar-refractivity contribution in [1.29, 1.82) is 0 Å². The standard InChI is InChI=1S/C10H12O5.C9H10O5.C9H10O3/c1-13-7-4-6(10(11)12)5-8(14-2)9(7)15-3;1-13-6-3-5(9(11)12)4-7(14-2)8(6)10;1-6-3-4-7(9(10)11)5-8(6)12-2/h4-5H,1-3H3,(H,11,12);3-4,10H,1-2H3,(H,11,12);3-5H,1-2H3,(H,10,11). The van der Waals surface area contributed by atoms with Crippen LogP contribution in [0.15, 0.2) is 42.5 Å². The zero-order valence-electron chi connectivity index (χ0n) is 23.5. The second-order valence-corrected chi connectivity index (χ2v) is 7.74. The van der Waals surface area contributed by atoms with Crippen molar-refractivity contribution in [2.45, 2.75) is 6.92 Å². The maximum absolute atomic E-state index is 10.8. The highest BCUT2D eigenvalue weighted by Gasteiger charge is 2.16.